The van der Waals surface area contributed by atoms with Gasteiger partial charge in [0.2, 0.25) is 0 Å². The van der Waals surface area contributed by atoms with Crippen molar-refractivity contribution < 1.29 is 4.42 Å². The van der Waals surface area contributed by atoms with Crippen LogP contribution in [0.25, 0.3) is 0 Å². The summed E-state index contributed by atoms with van der Waals surface area (Å²) in [7, 11) is 0. The van der Waals surface area contributed by atoms with Crippen LogP contribution < -0.4 is 5.32 Å². The molecule has 0 saturated carbocycles. The van der Waals surface area contributed by atoms with E-state index in [2.05, 4.69) is 32.8 Å². The van der Waals surface area contributed by atoms with E-state index in [1.165, 1.54) is 32.4 Å². The summed E-state index contributed by atoms with van der Waals surface area (Å²) in [5, 5.41) is 3.42. The highest BCUT2D eigenvalue weighted by molar-refractivity contribution is 14.1. The summed E-state index contributed by atoms with van der Waals surface area (Å²) in [5.41, 5.74) is 0. The van der Waals surface area contributed by atoms with Crippen molar-refractivity contribution in [2.24, 2.45) is 0 Å². The maximum atomic E-state index is 5.49. The molecule has 1 aliphatic rings. The quantitative estimate of drug-likeness (QED) is 0.662. The van der Waals surface area contributed by atoms with Crippen LogP contribution in [0.15, 0.2) is 16.5 Å². The third kappa shape index (κ3) is 4.07. The highest BCUT2D eigenvalue weighted by Gasteiger charge is 2.08. The summed E-state index contributed by atoms with van der Waals surface area (Å²) in [5.74, 6) is 1.03. The lowest BCUT2D eigenvalue weighted by Gasteiger charge is -2.26. The van der Waals surface area contributed by atoms with Crippen molar-refractivity contribution in [1.29, 1.82) is 0 Å². The second-order valence-corrected chi connectivity index (χ2v) is 5.35. The molecule has 2 rings (SSSR count). The van der Waals surface area contributed by atoms with E-state index in [0.717, 1.165) is 29.2 Å². The molecule has 1 N–H and O–H groups in total. The van der Waals surface area contributed by atoms with Gasteiger partial charge in [-0.1, -0.05) is 6.42 Å². The van der Waals surface area contributed by atoms with E-state index < -0.39 is 0 Å². The Hall–Kier alpha value is -0.0700. The molecule has 16 heavy (non-hydrogen) atoms. The molecule has 0 unspecified atom stereocenters. The van der Waals surface area contributed by atoms with Gasteiger partial charge in [0.1, 0.15) is 5.76 Å². The maximum Gasteiger partial charge on any atom is 0.164 e. The molecule has 1 aromatic rings. The molecule has 1 aliphatic heterocycles. The average molecular weight is 334 g/mol. The first-order valence-electron chi connectivity index (χ1n) is 6.02. The summed E-state index contributed by atoms with van der Waals surface area (Å²) < 4.78 is 6.45. The zero-order valence-electron chi connectivity index (χ0n) is 9.54. The molecule has 0 spiro atoms. The van der Waals surface area contributed by atoms with Crippen LogP contribution in [0.5, 0.6) is 0 Å². The van der Waals surface area contributed by atoms with Crippen LogP contribution in [0.2, 0.25) is 0 Å². The van der Waals surface area contributed by atoms with E-state index in [1.54, 1.807) is 0 Å². The van der Waals surface area contributed by atoms with E-state index in [9.17, 15) is 0 Å². The van der Waals surface area contributed by atoms with Gasteiger partial charge in [-0.3, -0.25) is 0 Å². The van der Waals surface area contributed by atoms with E-state index in [1.807, 2.05) is 12.1 Å². The fraction of sp³-hybridized carbons (Fsp3) is 0.667. The Morgan fingerprint density at radius 2 is 2.06 bits per heavy atom. The van der Waals surface area contributed by atoms with Gasteiger partial charge in [-0.05, 0) is 60.7 Å². The standard InChI is InChI=1S/C12H19IN2O/c13-12-5-4-11(16-12)10-14-6-9-15-7-2-1-3-8-15/h4-5,14H,1-3,6-10H2. The van der Waals surface area contributed by atoms with Gasteiger partial charge in [0.25, 0.3) is 0 Å². The van der Waals surface area contributed by atoms with Crippen molar-refractivity contribution in [1.82, 2.24) is 10.2 Å². The highest BCUT2D eigenvalue weighted by Crippen LogP contribution is 2.10. The van der Waals surface area contributed by atoms with Gasteiger partial charge in [0.05, 0.1) is 6.54 Å². The van der Waals surface area contributed by atoms with Gasteiger partial charge < -0.3 is 14.6 Å². The molecule has 4 heteroatoms. The Morgan fingerprint density at radius 1 is 1.25 bits per heavy atom. The van der Waals surface area contributed by atoms with Crippen LogP contribution in [0, 0.1) is 3.77 Å². The molecule has 2 heterocycles. The first-order valence-corrected chi connectivity index (χ1v) is 7.10. The van der Waals surface area contributed by atoms with Crippen molar-refractivity contribution in [3.05, 3.63) is 21.7 Å². The van der Waals surface area contributed by atoms with Gasteiger partial charge in [0, 0.05) is 13.1 Å². The predicted octanol–water partition coefficient (Wildman–Crippen LogP) is 2.46. The first kappa shape index (κ1) is 12.4. The van der Waals surface area contributed by atoms with Gasteiger partial charge in [-0.15, -0.1) is 0 Å². The van der Waals surface area contributed by atoms with E-state index in [0.29, 0.717) is 0 Å². The number of nitrogens with zero attached hydrogens (tertiary/aromatic N) is 1. The zero-order valence-corrected chi connectivity index (χ0v) is 11.7. The number of furan rings is 1. The summed E-state index contributed by atoms with van der Waals surface area (Å²) in [4.78, 5) is 2.54. The topological polar surface area (TPSA) is 28.4 Å². The first-order chi connectivity index (χ1) is 7.84. The number of halogens is 1. The van der Waals surface area contributed by atoms with Crippen molar-refractivity contribution in [3.8, 4) is 0 Å². The molecule has 0 aromatic carbocycles. The lowest BCUT2D eigenvalue weighted by molar-refractivity contribution is 0.228. The van der Waals surface area contributed by atoms with Crippen molar-refractivity contribution in [3.63, 3.8) is 0 Å². The summed E-state index contributed by atoms with van der Waals surface area (Å²) in [6, 6.07) is 4.04. The minimum absolute atomic E-state index is 0.844. The third-order valence-corrected chi connectivity index (χ3v) is 3.56. The second kappa shape index (κ2) is 6.61. The van der Waals surface area contributed by atoms with E-state index >= 15 is 0 Å². The van der Waals surface area contributed by atoms with Gasteiger partial charge in [-0.2, -0.15) is 0 Å². The molecule has 1 saturated heterocycles. The molecule has 1 aromatic heterocycles. The van der Waals surface area contributed by atoms with E-state index in [4.69, 9.17) is 4.42 Å². The van der Waals surface area contributed by atoms with Crippen molar-refractivity contribution in [2.75, 3.05) is 26.2 Å². The molecule has 90 valence electrons. The lowest BCUT2D eigenvalue weighted by atomic mass is 10.1. The highest BCUT2D eigenvalue weighted by atomic mass is 127. The van der Waals surface area contributed by atoms with Gasteiger partial charge in [0.15, 0.2) is 3.77 Å². The predicted molar refractivity (Wildman–Crippen MR) is 73.4 cm³/mol. The van der Waals surface area contributed by atoms with E-state index in [-0.39, 0.29) is 0 Å². The monoisotopic (exact) mass is 334 g/mol. The van der Waals surface area contributed by atoms with Crippen LogP contribution >= 0.6 is 22.6 Å². The minimum Gasteiger partial charge on any atom is -0.454 e. The van der Waals surface area contributed by atoms with Crippen molar-refractivity contribution in [2.45, 2.75) is 25.8 Å². The number of rotatable bonds is 5. The molecule has 0 bridgehead atoms. The smallest absolute Gasteiger partial charge is 0.164 e. The Labute approximate surface area is 111 Å². The van der Waals surface area contributed by atoms with Gasteiger partial charge in [-0.25, -0.2) is 0 Å². The SMILES string of the molecule is Ic1ccc(CNCCN2CCCCC2)o1. The fourth-order valence-corrected chi connectivity index (χ4v) is 2.54. The molecule has 0 aliphatic carbocycles. The normalized spacial score (nSPS) is 17.8. The molecular formula is C12H19IN2O. The zero-order chi connectivity index (χ0) is 11.2. The van der Waals surface area contributed by atoms with Crippen LogP contribution in [0.1, 0.15) is 25.0 Å². The Bertz CT molecular complexity index is 308. The molecule has 1 fully saturated rings. The molecule has 3 nitrogen and oxygen atoms in total. The number of likely N-dealkylation sites (tertiary alicyclic amines) is 1. The summed E-state index contributed by atoms with van der Waals surface area (Å²) in [6.45, 7) is 5.62. The Morgan fingerprint density at radius 3 is 2.75 bits per heavy atom. The summed E-state index contributed by atoms with van der Waals surface area (Å²) >= 11 is 2.19. The van der Waals surface area contributed by atoms with Gasteiger partial charge >= 0.3 is 0 Å². The Kier molecular flexibility index (Phi) is 5.12. The molecule has 0 amide bonds. The minimum atomic E-state index is 0.844. The number of hydrogen-bond donors (Lipinski definition) is 1. The van der Waals surface area contributed by atoms with Crippen LogP contribution in [0.4, 0.5) is 0 Å². The number of nitrogens with one attached hydrogen (secondary N) is 1. The summed E-state index contributed by atoms with van der Waals surface area (Å²) in [6.07, 6.45) is 4.15. The Balaban J connectivity index is 1.57. The number of hydrogen-bond acceptors (Lipinski definition) is 3. The number of piperidine rings is 1. The van der Waals surface area contributed by atoms with Crippen LogP contribution in [-0.2, 0) is 6.54 Å². The molecule has 0 atom stereocenters. The average Bonchev–Trinajstić information content (AvgIpc) is 2.72. The molecular weight excluding hydrogens is 315 g/mol. The third-order valence-electron chi connectivity index (χ3n) is 2.98. The van der Waals surface area contributed by atoms with Crippen molar-refractivity contribution >= 4 is 22.6 Å². The van der Waals surface area contributed by atoms with Crippen LogP contribution in [0.3, 0.4) is 0 Å². The molecule has 0 radical (unpaired) electrons. The maximum absolute atomic E-state index is 5.49. The lowest BCUT2D eigenvalue weighted by Crippen LogP contribution is -2.35. The second-order valence-electron chi connectivity index (χ2n) is 4.28. The fourth-order valence-electron chi connectivity index (χ4n) is 2.08. The largest absolute Gasteiger partial charge is 0.454 e. The van der Waals surface area contributed by atoms with Crippen LogP contribution in [-0.4, -0.2) is 31.1 Å².